The molecule has 0 aliphatic carbocycles. The largest absolute Gasteiger partial charge is 0.493 e. The topological polar surface area (TPSA) is 106 Å². The lowest BCUT2D eigenvalue weighted by atomic mass is 9.80. The minimum Gasteiger partial charge on any atom is -0.493 e. The molecule has 0 unspecified atom stereocenters. The summed E-state index contributed by atoms with van der Waals surface area (Å²) in [5, 5.41) is 0. The van der Waals surface area contributed by atoms with Crippen LogP contribution in [-0.2, 0) is 19.1 Å². The van der Waals surface area contributed by atoms with Crippen molar-refractivity contribution >= 4 is 11.8 Å². The summed E-state index contributed by atoms with van der Waals surface area (Å²) in [6, 6.07) is 3.33. The minimum atomic E-state index is -0.806. The Kier molecular flexibility index (Phi) is 6.56. The molecule has 1 atom stereocenters. The molecule has 1 aliphatic rings. The number of carbonyl (C=O) groups excluding carboxylic acids is 2. The standard InChI is InChI=1S/C20H25NO7/c1-7-27-20(23)17-16(15(10(2)22)11(3)28-19(17)21)12-8-13(24-4)18(26-6)14(9-12)25-5/h8-9,16H,7,21H2,1-6H3/t16-/m0/s1. The fourth-order valence-electron chi connectivity index (χ4n) is 3.24. The molecular weight excluding hydrogens is 366 g/mol. The molecule has 1 aromatic carbocycles. The first-order chi connectivity index (χ1) is 13.3. The first-order valence-electron chi connectivity index (χ1n) is 8.66. The lowest BCUT2D eigenvalue weighted by Crippen LogP contribution is -2.29. The van der Waals surface area contributed by atoms with Gasteiger partial charge >= 0.3 is 5.97 Å². The number of ketones is 1. The van der Waals surface area contributed by atoms with Gasteiger partial charge in [-0.1, -0.05) is 0 Å². The predicted octanol–water partition coefficient (Wildman–Crippen LogP) is 2.42. The molecule has 0 aromatic heterocycles. The number of nitrogens with two attached hydrogens (primary N) is 1. The van der Waals surface area contributed by atoms with Crippen molar-refractivity contribution in [2.75, 3.05) is 27.9 Å². The average Bonchev–Trinajstić information content (AvgIpc) is 2.65. The molecule has 152 valence electrons. The Labute approximate surface area is 163 Å². The third-order valence-electron chi connectivity index (χ3n) is 4.38. The van der Waals surface area contributed by atoms with E-state index in [1.165, 1.54) is 28.3 Å². The van der Waals surface area contributed by atoms with Crippen LogP contribution in [0.15, 0.2) is 34.9 Å². The van der Waals surface area contributed by atoms with Gasteiger partial charge in [0.05, 0.1) is 33.9 Å². The Balaban J connectivity index is 2.79. The highest BCUT2D eigenvalue weighted by molar-refractivity contribution is 6.01. The summed E-state index contributed by atoms with van der Waals surface area (Å²) in [7, 11) is 4.45. The Morgan fingerprint density at radius 1 is 1.07 bits per heavy atom. The summed E-state index contributed by atoms with van der Waals surface area (Å²) in [5.74, 6) is -0.372. The van der Waals surface area contributed by atoms with Crippen LogP contribution in [0.1, 0.15) is 32.3 Å². The maximum atomic E-state index is 12.6. The molecule has 2 rings (SSSR count). The van der Waals surface area contributed by atoms with Crippen molar-refractivity contribution in [2.45, 2.75) is 26.7 Å². The Hall–Kier alpha value is -3.16. The van der Waals surface area contributed by atoms with Gasteiger partial charge in [-0.2, -0.15) is 0 Å². The van der Waals surface area contributed by atoms with Gasteiger partial charge in [-0.3, -0.25) is 4.79 Å². The highest BCUT2D eigenvalue weighted by atomic mass is 16.5. The molecule has 1 heterocycles. The van der Waals surface area contributed by atoms with Gasteiger partial charge < -0.3 is 29.4 Å². The summed E-state index contributed by atoms with van der Waals surface area (Å²) >= 11 is 0. The van der Waals surface area contributed by atoms with E-state index in [0.29, 0.717) is 34.1 Å². The normalized spacial score (nSPS) is 16.4. The van der Waals surface area contributed by atoms with E-state index in [9.17, 15) is 9.59 Å². The maximum absolute atomic E-state index is 12.6. The fraction of sp³-hybridized carbons (Fsp3) is 0.400. The number of rotatable bonds is 7. The summed E-state index contributed by atoms with van der Waals surface area (Å²) in [5.41, 5.74) is 6.91. The minimum absolute atomic E-state index is 0.0481. The van der Waals surface area contributed by atoms with Gasteiger partial charge in [0.2, 0.25) is 11.6 Å². The number of hydrogen-bond acceptors (Lipinski definition) is 8. The smallest absolute Gasteiger partial charge is 0.340 e. The molecule has 0 saturated heterocycles. The van der Waals surface area contributed by atoms with E-state index in [2.05, 4.69) is 0 Å². The van der Waals surface area contributed by atoms with Crippen LogP contribution in [-0.4, -0.2) is 39.7 Å². The first kappa shape index (κ1) is 21.1. The second-order valence-corrected chi connectivity index (χ2v) is 6.02. The number of esters is 1. The second kappa shape index (κ2) is 8.69. The lowest BCUT2D eigenvalue weighted by Gasteiger charge is -2.29. The number of benzene rings is 1. The van der Waals surface area contributed by atoms with E-state index >= 15 is 0 Å². The van der Waals surface area contributed by atoms with Crippen molar-refractivity contribution in [1.29, 1.82) is 0 Å². The van der Waals surface area contributed by atoms with E-state index < -0.39 is 11.9 Å². The highest BCUT2D eigenvalue weighted by Crippen LogP contribution is 2.46. The predicted molar refractivity (Wildman–Crippen MR) is 101 cm³/mol. The number of carbonyl (C=O) groups is 2. The van der Waals surface area contributed by atoms with Crippen molar-refractivity contribution in [1.82, 2.24) is 0 Å². The van der Waals surface area contributed by atoms with Gasteiger partial charge in [0.1, 0.15) is 11.3 Å². The van der Waals surface area contributed by atoms with Gasteiger partial charge in [0.25, 0.3) is 0 Å². The van der Waals surface area contributed by atoms with Crippen LogP contribution >= 0.6 is 0 Å². The zero-order valence-electron chi connectivity index (χ0n) is 16.9. The van der Waals surface area contributed by atoms with Crippen LogP contribution in [0.25, 0.3) is 0 Å². The molecule has 0 amide bonds. The Morgan fingerprint density at radius 3 is 2.07 bits per heavy atom. The van der Waals surface area contributed by atoms with Gasteiger partial charge in [0.15, 0.2) is 17.3 Å². The molecule has 8 nitrogen and oxygen atoms in total. The van der Waals surface area contributed by atoms with Crippen molar-refractivity contribution in [3.63, 3.8) is 0 Å². The van der Waals surface area contributed by atoms with E-state index in [1.807, 2.05) is 0 Å². The highest BCUT2D eigenvalue weighted by Gasteiger charge is 2.38. The van der Waals surface area contributed by atoms with E-state index in [-0.39, 0.29) is 23.8 Å². The monoisotopic (exact) mass is 391 g/mol. The molecule has 2 N–H and O–H groups in total. The van der Waals surface area contributed by atoms with Crippen LogP contribution in [0, 0.1) is 0 Å². The van der Waals surface area contributed by atoms with Crippen molar-refractivity contribution in [3.05, 3.63) is 40.5 Å². The number of hydrogen-bond donors (Lipinski definition) is 1. The Bertz CT molecular complexity index is 829. The Morgan fingerprint density at radius 2 is 1.64 bits per heavy atom. The molecule has 1 aromatic rings. The molecule has 0 spiro atoms. The molecule has 0 saturated carbocycles. The average molecular weight is 391 g/mol. The van der Waals surface area contributed by atoms with Crippen molar-refractivity contribution in [2.24, 2.45) is 5.73 Å². The summed E-state index contributed by atoms with van der Waals surface area (Å²) in [6.45, 7) is 4.85. The third-order valence-corrected chi connectivity index (χ3v) is 4.38. The molecule has 1 aliphatic heterocycles. The summed E-state index contributed by atoms with van der Waals surface area (Å²) in [6.07, 6.45) is 0. The van der Waals surface area contributed by atoms with Crippen LogP contribution in [0.4, 0.5) is 0 Å². The van der Waals surface area contributed by atoms with Crippen LogP contribution in [0.3, 0.4) is 0 Å². The lowest BCUT2D eigenvalue weighted by molar-refractivity contribution is -0.139. The number of ether oxygens (including phenoxy) is 5. The van der Waals surface area contributed by atoms with Gasteiger partial charge in [-0.05, 0) is 38.5 Å². The van der Waals surface area contributed by atoms with Gasteiger partial charge in [-0.25, -0.2) is 4.79 Å². The van der Waals surface area contributed by atoms with Crippen LogP contribution in [0.2, 0.25) is 0 Å². The molecule has 8 heteroatoms. The van der Waals surface area contributed by atoms with Crippen molar-refractivity contribution < 1.29 is 33.3 Å². The number of allylic oxidation sites excluding steroid dienone is 2. The van der Waals surface area contributed by atoms with E-state index in [4.69, 9.17) is 29.4 Å². The van der Waals surface area contributed by atoms with Gasteiger partial charge in [0, 0.05) is 5.57 Å². The quantitative estimate of drug-likeness (QED) is 0.707. The van der Waals surface area contributed by atoms with Crippen LogP contribution < -0.4 is 19.9 Å². The fourth-order valence-corrected chi connectivity index (χ4v) is 3.24. The maximum Gasteiger partial charge on any atom is 0.340 e. The van der Waals surface area contributed by atoms with E-state index in [1.54, 1.807) is 26.0 Å². The second-order valence-electron chi connectivity index (χ2n) is 6.02. The molecule has 0 radical (unpaired) electrons. The van der Waals surface area contributed by atoms with E-state index in [0.717, 1.165) is 0 Å². The first-order valence-corrected chi connectivity index (χ1v) is 8.66. The molecular formula is C20H25NO7. The van der Waals surface area contributed by atoms with Crippen molar-refractivity contribution in [3.8, 4) is 17.2 Å². The summed E-state index contributed by atoms with van der Waals surface area (Å²) < 4.78 is 26.8. The van der Waals surface area contributed by atoms with Crippen LogP contribution in [0.5, 0.6) is 17.2 Å². The zero-order chi connectivity index (χ0) is 21.0. The van der Waals surface area contributed by atoms with Gasteiger partial charge in [-0.15, -0.1) is 0 Å². The third kappa shape index (κ3) is 3.76. The molecule has 28 heavy (non-hydrogen) atoms. The number of Topliss-reactive ketones (excluding diaryl/α,β-unsaturated/α-hetero) is 1. The zero-order valence-corrected chi connectivity index (χ0v) is 16.9. The number of methoxy groups -OCH3 is 3. The SMILES string of the molecule is CCOC(=O)C1=C(N)OC(C)=C(C(C)=O)[C@@H]1c1cc(OC)c(OC)c(OC)c1. The summed E-state index contributed by atoms with van der Waals surface area (Å²) in [4.78, 5) is 25.1. The molecule has 0 fully saturated rings. The molecule has 0 bridgehead atoms.